The SMILES string of the molecule is C=CC(=O)COc1ccc(C(=O)Oc2ccc(-c3ccc(-c4ccc(OC(=O)c5ccc(OCOC(=O)C=C)cc5)c(F)c4)cc3C)cc2F)cc1. The molecule has 52 heavy (non-hydrogen) atoms. The van der Waals surface area contributed by atoms with Gasteiger partial charge in [-0.1, -0.05) is 43.5 Å². The van der Waals surface area contributed by atoms with E-state index in [1.165, 1.54) is 72.8 Å². The van der Waals surface area contributed by atoms with Crippen molar-refractivity contribution in [2.45, 2.75) is 6.92 Å². The number of carbonyl (C=O) groups is 4. The summed E-state index contributed by atoms with van der Waals surface area (Å²) >= 11 is 0. The first-order valence-electron chi connectivity index (χ1n) is 15.6. The molecule has 262 valence electrons. The first-order chi connectivity index (χ1) is 25.0. The number of hydrogen-bond acceptors (Lipinski definition) is 9. The van der Waals surface area contributed by atoms with Gasteiger partial charge in [-0.2, -0.15) is 0 Å². The highest BCUT2D eigenvalue weighted by atomic mass is 19.1. The van der Waals surface area contributed by atoms with E-state index in [-0.39, 0.29) is 41.8 Å². The molecule has 0 N–H and O–H groups in total. The molecule has 0 saturated carbocycles. The molecule has 0 aliphatic heterocycles. The van der Waals surface area contributed by atoms with Crippen LogP contribution in [-0.2, 0) is 14.3 Å². The second-order valence-corrected chi connectivity index (χ2v) is 11.0. The topological polar surface area (TPSA) is 114 Å². The molecule has 0 aliphatic carbocycles. The van der Waals surface area contributed by atoms with Crippen LogP contribution in [0.5, 0.6) is 23.0 Å². The Morgan fingerprint density at radius 1 is 0.615 bits per heavy atom. The standard InChI is InChI=1S/C41H30F2O9/c1-4-31(44)23-48-32-13-6-26(7-14-32)40(46)52-38-19-12-30(22-36(38)43)34-17-10-28(20-25(34)3)29-11-18-37(35(42)21-29)51-41(47)27-8-15-33(16-9-27)49-24-50-39(45)5-2/h4-22H,1-2,23-24H2,3H3. The average molecular weight is 705 g/mol. The van der Waals surface area contributed by atoms with Crippen molar-refractivity contribution < 1.29 is 51.6 Å². The quantitative estimate of drug-likeness (QED) is 0.0488. The Labute approximate surface area is 297 Å². The molecule has 0 aromatic heterocycles. The van der Waals surface area contributed by atoms with E-state index >= 15 is 8.78 Å². The molecule has 0 spiro atoms. The van der Waals surface area contributed by atoms with Gasteiger partial charge < -0.3 is 23.7 Å². The highest BCUT2D eigenvalue weighted by Crippen LogP contribution is 2.33. The van der Waals surface area contributed by atoms with Gasteiger partial charge in [0.15, 0.2) is 35.5 Å². The molecule has 0 unspecified atom stereocenters. The van der Waals surface area contributed by atoms with Gasteiger partial charge in [0.05, 0.1) is 11.1 Å². The molecule has 5 aromatic carbocycles. The van der Waals surface area contributed by atoms with E-state index in [4.69, 9.17) is 23.7 Å². The summed E-state index contributed by atoms with van der Waals surface area (Å²) in [5.41, 5.74) is 3.48. The lowest BCUT2D eigenvalue weighted by molar-refractivity contribution is -0.144. The van der Waals surface area contributed by atoms with Crippen molar-refractivity contribution in [3.63, 3.8) is 0 Å². The summed E-state index contributed by atoms with van der Waals surface area (Å²) in [6.45, 7) is 7.95. The zero-order chi connectivity index (χ0) is 37.2. The lowest BCUT2D eigenvalue weighted by Crippen LogP contribution is -2.10. The average Bonchev–Trinajstić information content (AvgIpc) is 3.15. The maximum atomic E-state index is 15.1. The summed E-state index contributed by atoms with van der Waals surface area (Å²) in [6.07, 6.45) is 2.14. The summed E-state index contributed by atoms with van der Waals surface area (Å²) in [7, 11) is 0. The van der Waals surface area contributed by atoms with Crippen LogP contribution in [0.4, 0.5) is 8.78 Å². The smallest absolute Gasteiger partial charge is 0.343 e. The van der Waals surface area contributed by atoms with E-state index in [0.717, 1.165) is 17.7 Å². The van der Waals surface area contributed by atoms with Gasteiger partial charge in [0, 0.05) is 6.08 Å². The van der Waals surface area contributed by atoms with E-state index in [1.54, 1.807) is 24.3 Å². The van der Waals surface area contributed by atoms with Gasteiger partial charge in [0.2, 0.25) is 6.79 Å². The van der Waals surface area contributed by atoms with Crippen molar-refractivity contribution in [2.24, 2.45) is 0 Å². The van der Waals surface area contributed by atoms with Crippen LogP contribution in [0.25, 0.3) is 22.3 Å². The number of benzene rings is 5. The van der Waals surface area contributed by atoms with Crippen LogP contribution in [0.1, 0.15) is 26.3 Å². The maximum Gasteiger partial charge on any atom is 0.343 e. The molecule has 0 bridgehead atoms. The molecule has 0 radical (unpaired) electrons. The normalized spacial score (nSPS) is 10.4. The van der Waals surface area contributed by atoms with E-state index in [2.05, 4.69) is 13.2 Å². The minimum Gasteiger partial charge on any atom is -0.485 e. The van der Waals surface area contributed by atoms with Crippen LogP contribution < -0.4 is 18.9 Å². The highest BCUT2D eigenvalue weighted by molar-refractivity contribution is 5.92. The van der Waals surface area contributed by atoms with Crippen molar-refractivity contribution in [3.05, 3.63) is 157 Å². The molecule has 5 rings (SSSR count). The molecular weight excluding hydrogens is 674 g/mol. The van der Waals surface area contributed by atoms with Gasteiger partial charge in [-0.25, -0.2) is 23.2 Å². The number of ketones is 1. The third-order valence-electron chi connectivity index (χ3n) is 7.52. The van der Waals surface area contributed by atoms with Gasteiger partial charge in [-0.15, -0.1) is 0 Å². The van der Waals surface area contributed by atoms with Gasteiger partial charge in [-0.05, 0) is 114 Å². The van der Waals surface area contributed by atoms with Crippen molar-refractivity contribution in [1.29, 1.82) is 0 Å². The second kappa shape index (κ2) is 16.7. The number of esters is 3. The maximum absolute atomic E-state index is 15.1. The fourth-order valence-electron chi connectivity index (χ4n) is 4.80. The number of carbonyl (C=O) groups excluding carboxylic acids is 4. The van der Waals surface area contributed by atoms with Crippen LogP contribution in [0, 0.1) is 18.6 Å². The molecule has 0 aliphatic rings. The van der Waals surface area contributed by atoms with Crippen molar-refractivity contribution in [1.82, 2.24) is 0 Å². The predicted octanol–water partition coefficient (Wildman–Crippen LogP) is 8.25. The molecular formula is C41H30F2O9. The Morgan fingerprint density at radius 2 is 1.12 bits per heavy atom. The summed E-state index contributed by atoms with van der Waals surface area (Å²) < 4.78 is 56.0. The van der Waals surface area contributed by atoms with Crippen LogP contribution in [0.15, 0.2) is 128 Å². The Morgan fingerprint density at radius 3 is 1.63 bits per heavy atom. The molecule has 11 heteroatoms. The minimum atomic E-state index is -0.789. The number of ether oxygens (including phenoxy) is 5. The zero-order valence-electron chi connectivity index (χ0n) is 27.7. The first kappa shape index (κ1) is 36.4. The van der Waals surface area contributed by atoms with Crippen LogP contribution in [0.3, 0.4) is 0 Å². The Bertz CT molecular complexity index is 2160. The van der Waals surface area contributed by atoms with Crippen LogP contribution in [-0.4, -0.2) is 37.1 Å². The summed E-state index contributed by atoms with van der Waals surface area (Å²) in [5.74, 6) is -3.83. The van der Waals surface area contributed by atoms with Crippen LogP contribution >= 0.6 is 0 Å². The zero-order valence-corrected chi connectivity index (χ0v) is 27.7. The predicted molar refractivity (Wildman–Crippen MR) is 187 cm³/mol. The number of rotatable bonds is 14. The van der Waals surface area contributed by atoms with Crippen molar-refractivity contribution >= 4 is 23.7 Å². The Balaban J connectivity index is 1.20. The van der Waals surface area contributed by atoms with E-state index < -0.39 is 29.5 Å². The molecule has 9 nitrogen and oxygen atoms in total. The van der Waals surface area contributed by atoms with E-state index in [9.17, 15) is 19.2 Å². The lowest BCUT2D eigenvalue weighted by Gasteiger charge is -2.12. The minimum absolute atomic E-state index is 0.143. The first-order valence-corrected chi connectivity index (χ1v) is 15.6. The van der Waals surface area contributed by atoms with E-state index in [1.807, 2.05) is 13.0 Å². The van der Waals surface area contributed by atoms with Crippen LogP contribution in [0.2, 0.25) is 0 Å². The molecule has 5 aromatic rings. The number of hydrogen-bond donors (Lipinski definition) is 0. The largest absolute Gasteiger partial charge is 0.485 e. The van der Waals surface area contributed by atoms with Crippen molar-refractivity contribution in [2.75, 3.05) is 13.4 Å². The third-order valence-corrected chi connectivity index (χ3v) is 7.52. The van der Waals surface area contributed by atoms with Gasteiger partial charge in [0.1, 0.15) is 11.5 Å². The summed E-state index contributed by atoms with van der Waals surface area (Å²) in [6, 6.07) is 25.4. The van der Waals surface area contributed by atoms with Gasteiger partial charge in [0.25, 0.3) is 0 Å². The molecule has 0 saturated heterocycles. The Hall–Kier alpha value is -6.88. The van der Waals surface area contributed by atoms with Gasteiger partial charge >= 0.3 is 17.9 Å². The molecule has 0 atom stereocenters. The second-order valence-electron chi connectivity index (χ2n) is 11.0. The van der Waals surface area contributed by atoms with Crippen molar-refractivity contribution in [3.8, 4) is 45.3 Å². The number of halogens is 2. The molecule has 0 fully saturated rings. The van der Waals surface area contributed by atoms with Gasteiger partial charge in [-0.3, -0.25) is 4.79 Å². The lowest BCUT2D eigenvalue weighted by atomic mass is 9.95. The summed E-state index contributed by atoms with van der Waals surface area (Å²) in [5, 5.41) is 0. The monoisotopic (exact) mass is 704 g/mol. The fraction of sp³-hybridized carbons (Fsp3) is 0.0732. The Kier molecular flexibility index (Phi) is 11.7. The van der Waals surface area contributed by atoms with E-state index in [0.29, 0.717) is 33.8 Å². The number of aryl methyl sites for hydroxylation is 1. The third kappa shape index (κ3) is 9.21. The molecule has 0 heterocycles. The molecule has 0 amide bonds. The highest BCUT2D eigenvalue weighted by Gasteiger charge is 2.16. The summed E-state index contributed by atoms with van der Waals surface area (Å²) in [4.78, 5) is 47.7. The fourth-order valence-corrected chi connectivity index (χ4v) is 4.80.